The molecule has 0 radical (unpaired) electrons. The number of ether oxygens (including phenoxy) is 1. The summed E-state index contributed by atoms with van der Waals surface area (Å²) in [6.07, 6.45) is 1.87. The Bertz CT molecular complexity index is 590. The molecular formula is C20H31N3O2. The number of carbonyl (C=O) groups is 1. The second-order valence-electron chi connectivity index (χ2n) is 7.58. The summed E-state index contributed by atoms with van der Waals surface area (Å²) in [5.74, 6) is 0.348. The highest BCUT2D eigenvalue weighted by atomic mass is 16.6. The number of piperidine rings is 1. The van der Waals surface area contributed by atoms with Gasteiger partial charge in [-0.2, -0.15) is 0 Å². The number of hydrogen-bond donors (Lipinski definition) is 2. The van der Waals surface area contributed by atoms with E-state index in [1.807, 2.05) is 25.7 Å². The van der Waals surface area contributed by atoms with Gasteiger partial charge in [-0.15, -0.1) is 0 Å². The Hall–Kier alpha value is -2.01. The second-order valence-corrected chi connectivity index (χ2v) is 7.58. The van der Waals surface area contributed by atoms with Gasteiger partial charge in [-0.1, -0.05) is 30.8 Å². The van der Waals surface area contributed by atoms with Crippen molar-refractivity contribution in [3.05, 3.63) is 42.0 Å². The van der Waals surface area contributed by atoms with E-state index in [1.165, 1.54) is 5.56 Å². The summed E-state index contributed by atoms with van der Waals surface area (Å²) in [4.78, 5) is 14.1. The van der Waals surface area contributed by atoms with Crippen LogP contribution in [0.5, 0.6) is 0 Å². The van der Waals surface area contributed by atoms with Gasteiger partial charge in [0, 0.05) is 37.8 Å². The van der Waals surface area contributed by atoms with Crippen LogP contribution >= 0.6 is 0 Å². The van der Waals surface area contributed by atoms with E-state index >= 15 is 0 Å². The fourth-order valence-corrected chi connectivity index (χ4v) is 3.02. The van der Waals surface area contributed by atoms with Gasteiger partial charge in [0.25, 0.3) is 0 Å². The topological polar surface area (TPSA) is 67.6 Å². The van der Waals surface area contributed by atoms with Crippen molar-refractivity contribution in [2.45, 2.75) is 45.1 Å². The number of likely N-dealkylation sites (tertiary alicyclic amines) is 1. The van der Waals surface area contributed by atoms with E-state index in [9.17, 15) is 4.79 Å². The number of nitrogens with zero attached hydrogens (tertiary/aromatic N) is 1. The van der Waals surface area contributed by atoms with Crippen LogP contribution in [0.25, 0.3) is 5.70 Å². The SMILES string of the molecule is C=C(NCCN)c1ccc(C2CCCN(C(=O)OC(C)(C)C)C2)cc1. The summed E-state index contributed by atoms with van der Waals surface area (Å²) in [5.41, 5.74) is 8.26. The Labute approximate surface area is 151 Å². The summed E-state index contributed by atoms with van der Waals surface area (Å²) < 4.78 is 5.51. The minimum absolute atomic E-state index is 0.215. The van der Waals surface area contributed by atoms with Gasteiger partial charge in [-0.05, 0) is 44.7 Å². The van der Waals surface area contributed by atoms with Gasteiger partial charge in [0.2, 0.25) is 0 Å². The number of hydrogen-bond acceptors (Lipinski definition) is 4. The highest BCUT2D eigenvalue weighted by Crippen LogP contribution is 2.28. The number of benzene rings is 1. The molecule has 0 saturated carbocycles. The van der Waals surface area contributed by atoms with Crippen molar-refractivity contribution in [3.63, 3.8) is 0 Å². The number of carbonyl (C=O) groups excluding carboxylic acids is 1. The van der Waals surface area contributed by atoms with E-state index in [0.29, 0.717) is 25.6 Å². The van der Waals surface area contributed by atoms with E-state index < -0.39 is 5.60 Å². The first-order valence-corrected chi connectivity index (χ1v) is 9.01. The van der Waals surface area contributed by atoms with Gasteiger partial charge < -0.3 is 20.7 Å². The molecule has 5 nitrogen and oxygen atoms in total. The number of amides is 1. The molecule has 1 aromatic rings. The van der Waals surface area contributed by atoms with Crippen LogP contribution in [-0.4, -0.2) is 42.8 Å². The average molecular weight is 345 g/mol. The Morgan fingerprint density at radius 2 is 2.04 bits per heavy atom. The first kappa shape index (κ1) is 19.3. The molecule has 25 heavy (non-hydrogen) atoms. The fourth-order valence-electron chi connectivity index (χ4n) is 3.02. The first-order chi connectivity index (χ1) is 11.8. The molecule has 0 aliphatic carbocycles. The lowest BCUT2D eigenvalue weighted by atomic mass is 9.90. The Kier molecular flexibility index (Phi) is 6.48. The van der Waals surface area contributed by atoms with Crippen molar-refractivity contribution >= 4 is 11.8 Å². The third kappa shape index (κ3) is 5.78. The third-order valence-electron chi connectivity index (χ3n) is 4.29. The molecule has 5 heteroatoms. The quantitative estimate of drug-likeness (QED) is 0.859. The molecule has 1 heterocycles. The maximum Gasteiger partial charge on any atom is 0.410 e. The molecular weight excluding hydrogens is 314 g/mol. The van der Waals surface area contributed by atoms with E-state index in [1.54, 1.807) is 0 Å². The second kappa shape index (κ2) is 8.39. The Balaban J connectivity index is 1.99. The normalized spacial score (nSPS) is 17.9. The highest BCUT2D eigenvalue weighted by Gasteiger charge is 2.28. The van der Waals surface area contributed by atoms with E-state index in [-0.39, 0.29) is 6.09 Å². The van der Waals surface area contributed by atoms with Crippen molar-refractivity contribution in [1.29, 1.82) is 0 Å². The molecule has 3 N–H and O–H groups in total. The number of nitrogens with one attached hydrogen (secondary N) is 1. The maximum absolute atomic E-state index is 12.3. The van der Waals surface area contributed by atoms with Crippen LogP contribution in [0.3, 0.4) is 0 Å². The predicted octanol–water partition coefficient (Wildman–Crippen LogP) is 3.32. The van der Waals surface area contributed by atoms with Crippen molar-refractivity contribution < 1.29 is 9.53 Å². The van der Waals surface area contributed by atoms with Gasteiger partial charge in [0.15, 0.2) is 0 Å². The summed E-state index contributed by atoms with van der Waals surface area (Å²) in [6.45, 7) is 12.5. The maximum atomic E-state index is 12.3. The van der Waals surface area contributed by atoms with Gasteiger partial charge in [-0.3, -0.25) is 0 Å². The van der Waals surface area contributed by atoms with Crippen LogP contribution in [0.2, 0.25) is 0 Å². The Morgan fingerprint density at radius 1 is 1.36 bits per heavy atom. The van der Waals surface area contributed by atoms with Crippen LogP contribution in [0, 0.1) is 0 Å². The molecule has 1 fully saturated rings. The van der Waals surface area contributed by atoms with E-state index in [2.05, 4.69) is 36.2 Å². The van der Waals surface area contributed by atoms with Crippen LogP contribution in [-0.2, 0) is 4.74 Å². The zero-order valence-electron chi connectivity index (χ0n) is 15.7. The molecule has 1 amide bonds. The average Bonchev–Trinajstić information content (AvgIpc) is 2.58. The lowest BCUT2D eigenvalue weighted by Crippen LogP contribution is -2.42. The van der Waals surface area contributed by atoms with Crippen LogP contribution in [0.4, 0.5) is 4.79 Å². The lowest BCUT2D eigenvalue weighted by molar-refractivity contribution is 0.0198. The Morgan fingerprint density at radius 3 is 2.64 bits per heavy atom. The standard InChI is InChI=1S/C20H31N3O2/c1-15(22-12-11-21)16-7-9-17(10-8-16)18-6-5-13-23(14-18)19(24)25-20(2,3)4/h7-10,18,22H,1,5-6,11-14,21H2,2-4H3. The molecule has 1 aliphatic rings. The monoisotopic (exact) mass is 345 g/mol. The molecule has 1 aliphatic heterocycles. The molecule has 1 unspecified atom stereocenters. The molecule has 1 saturated heterocycles. The summed E-state index contributed by atoms with van der Waals surface area (Å²) in [5, 5.41) is 3.20. The molecule has 0 bridgehead atoms. The summed E-state index contributed by atoms with van der Waals surface area (Å²) in [6, 6.07) is 8.42. The zero-order chi connectivity index (χ0) is 18.4. The third-order valence-corrected chi connectivity index (χ3v) is 4.29. The lowest BCUT2D eigenvalue weighted by Gasteiger charge is -2.34. The van der Waals surface area contributed by atoms with Crippen molar-refractivity contribution in [3.8, 4) is 0 Å². The van der Waals surface area contributed by atoms with Crippen molar-refractivity contribution in [2.75, 3.05) is 26.2 Å². The molecule has 138 valence electrons. The van der Waals surface area contributed by atoms with Crippen LogP contribution in [0.1, 0.15) is 50.7 Å². The molecule has 1 aromatic carbocycles. The van der Waals surface area contributed by atoms with Crippen molar-refractivity contribution in [2.24, 2.45) is 5.73 Å². The number of rotatable bonds is 5. The summed E-state index contributed by atoms with van der Waals surface area (Å²) >= 11 is 0. The smallest absolute Gasteiger partial charge is 0.410 e. The van der Waals surface area contributed by atoms with Gasteiger partial charge >= 0.3 is 6.09 Å². The minimum atomic E-state index is -0.456. The molecule has 0 aromatic heterocycles. The van der Waals surface area contributed by atoms with Gasteiger partial charge in [-0.25, -0.2) is 4.79 Å². The van der Waals surface area contributed by atoms with Gasteiger partial charge in [0.1, 0.15) is 5.60 Å². The predicted molar refractivity (Wildman–Crippen MR) is 102 cm³/mol. The van der Waals surface area contributed by atoms with Crippen molar-refractivity contribution in [1.82, 2.24) is 10.2 Å². The molecule has 2 rings (SSSR count). The zero-order valence-corrected chi connectivity index (χ0v) is 15.7. The fraction of sp³-hybridized carbons (Fsp3) is 0.550. The van der Waals surface area contributed by atoms with Crippen LogP contribution in [0.15, 0.2) is 30.8 Å². The molecule has 1 atom stereocenters. The van der Waals surface area contributed by atoms with E-state index in [0.717, 1.165) is 30.6 Å². The minimum Gasteiger partial charge on any atom is -0.444 e. The largest absolute Gasteiger partial charge is 0.444 e. The molecule has 0 spiro atoms. The van der Waals surface area contributed by atoms with Crippen LogP contribution < -0.4 is 11.1 Å². The van der Waals surface area contributed by atoms with E-state index in [4.69, 9.17) is 10.5 Å². The number of nitrogens with two attached hydrogens (primary N) is 1. The summed E-state index contributed by atoms with van der Waals surface area (Å²) in [7, 11) is 0. The first-order valence-electron chi connectivity index (χ1n) is 9.01. The highest BCUT2D eigenvalue weighted by molar-refractivity contribution is 5.68. The van der Waals surface area contributed by atoms with Gasteiger partial charge in [0.05, 0.1) is 0 Å².